The Kier molecular flexibility index (Phi) is 3.06. The minimum absolute atomic E-state index is 0.0768. The molecule has 0 saturated carbocycles. The predicted molar refractivity (Wildman–Crippen MR) is 63.8 cm³/mol. The molecule has 0 radical (unpaired) electrons. The van der Waals surface area contributed by atoms with Gasteiger partial charge in [0.15, 0.2) is 5.78 Å². The predicted octanol–water partition coefficient (Wildman–Crippen LogP) is 1.27. The number of rotatable bonds is 1. The molecule has 2 N–H and O–H groups in total. The molecule has 2 rings (SSSR count). The Bertz CT molecular complexity index is 491. The average Bonchev–Trinajstić information content (AvgIpc) is 2.45. The van der Waals surface area contributed by atoms with E-state index in [2.05, 4.69) is 10.9 Å². The lowest BCUT2D eigenvalue weighted by Gasteiger charge is -2.15. The maximum absolute atomic E-state index is 12.2. The third kappa shape index (κ3) is 2.12. The van der Waals surface area contributed by atoms with Crippen LogP contribution in [0.1, 0.15) is 25.5 Å². The summed E-state index contributed by atoms with van der Waals surface area (Å²) in [4.78, 5) is 23.8. The zero-order chi connectivity index (χ0) is 12.4. The first kappa shape index (κ1) is 11.5. The van der Waals surface area contributed by atoms with E-state index in [0.717, 1.165) is 5.56 Å². The first-order valence-electron chi connectivity index (χ1n) is 5.43. The lowest BCUT2D eigenvalue weighted by Crippen LogP contribution is -2.40. The molecular weight excluding hydrogens is 216 g/mol. The van der Waals surface area contributed by atoms with E-state index in [1.54, 1.807) is 13.8 Å². The standard InChI is InChI=1S/C13H14N2O2/c1-8-9(2)13(17)15-14-11(12(8)16)10-6-4-3-5-7-10/h3-7,11,14H,1-2H3,(H,15,17)/t11-/m0/s1. The molecule has 1 aromatic rings. The summed E-state index contributed by atoms with van der Waals surface area (Å²) < 4.78 is 0. The molecule has 0 fully saturated rings. The molecule has 0 unspecified atom stereocenters. The summed E-state index contributed by atoms with van der Waals surface area (Å²) in [6.07, 6.45) is 0. The third-order valence-corrected chi connectivity index (χ3v) is 3.00. The van der Waals surface area contributed by atoms with Gasteiger partial charge >= 0.3 is 0 Å². The fourth-order valence-electron chi connectivity index (χ4n) is 1.75. The van der Waals surface area contributed by atoms with Crippen molar-refractivity contribution in [2.45, 2.75) is 19.9 Å². The van der Waals surface area contributed by atoms with Crippen molar-refractivity contribution in [3.8, 4) is 0 Å². The molecule has 4 heteroatoms. The van der Waals surface area contributed by atoms with Crippen LogP contribution < -0.4 is 10.9 Å². The van der Waals surface area contributed by atoms with Gasteiger partial charge in [0.25, 0.3) is 5.91 Å². The number of hydrazine groups is 1. The van der Waals surface area contributed by atoms with Gasteiger partial charge in [0.05, 0.1) is 0 Å². The van der Waals surface area contributed by atoms with Gasteiger partial charge in [0.1, 0.15) is 6.04 Å². The van der Waals surface area contributed by atoms with Gasteiger partial charge in [-0.1, -0.05) is 30.3 Å². The molecular formula is C13H14N2O2. The average molecular weight is 230 g/mol. The number of hydrogen-bond donors (Lipinski definition) is 2. The Labute approximate surface area is 99.7 Å². The smallest absolute Gasteiger partial charge is 0.261 e. The van der Waals surface area contributed by atoms with Crippen LogP contribution in [0.25, 0.3) is 0 Å². The number of carbonyl (C=O) groups excluding carboxylic acids is 2. The summed E-state index contributed by atoms with van der Waals surface area (Å²) in [5.41, 5.74) is 7.10. The SMILES string of the molecule is CC1=C(C)C(=O)[C@H](c2ccccc2)NNC1=O. The lowest BCUT2D eigenvalue weighted by molar-refractivity contribution is -0.118. The van der Waals surface area contributed by atoms with Crippen LogP contribution >= 0.6 is 0 Å². The minimum atomic E-state index is -0.516. The fourth-order valence-corrected chi connectivity index (χ4v) is 1.75. The molecule has 1 aliphatic rings. The van der Waals surface area contributed by atoms with E-state index in [0.29, 0.717) is 11.1 Å². The first-order valence-corrected chi connectivity index (χ1v) is 5.43. The summed E-state index contributed by atoms with van der Waals surface area (Å²) in [6, 6.07) is 8.81. The number of carbonyl (C=O) groups is 2. The maximum atomic E-state index is 12.2. The zero-order valence-electron chi connectivity index (χ0n) is 9.78. The second-order valence-electron chi connectivity index (χ2n) is 4.06. The molecule has 17 heavy (non-hydrogen) atoms. The van der Waals surface area contributed by atoms with Crippen molar-refractivity contribution in [1.82, 2.24) is 10.9 Å². The van der Waals surface area contributed by atoms with Crippen molar-refractivity contribution < 1.29 is 9.59 Å². The van der Waals surface area contributed by atoms with Crippen molar-refractivity contribution in [2.24, 2.45) is 0 Å². The Morgan fingerprint density at radius 3 is 2.29 bits per heavy atom. The van der Waals surface area contributed by atoms with E-state index < -0.39 is 6.04 Å². The molecule has 1 amide bonds. The van der Waals surface area contributed by atoms with Gasteiger partial charge < -0.3 is 0 Å². The Hall–Kier alpha value is -1.94. The molecule has 0 spiro atoms. The second-order valence-corrected chi connectivity index (χ2v) is 4.06. The van der Waals surface area contributed by atoms with Gasteiger partial charge in [-0.2, -0.15) is 0 Å². The third-order valence-electron chi connectivity index (χ3n) is 3.00. The van der Waals surface area contributed by atoms with Crippen LogP contribution in [0.5, 0.6) is 0 Å². The largest absolute Gasteiger partial charge is 0.292 e. The van der Waals surface area contributed by atoms with Crippen molar-refractivity contribution in [1.29, 1.82) is 0 Å². The first-order chi connectivity index (χ1) is 8.11. The summed E-state index contributed by atoms with van der Waals surface area (Å²) in [5, 5.41) is 0. The molecule has 0 aliphatic carbocycles. The molecule has 1 aliphatic heterocycles. The highest BCUT2D eigenvalue weighted by Crippen LogP contribution is 2.20. The lowest BCUT2D eigenvalue weighted by atomic mass is 9.97. The van der Waals surface area contributed by atoms with Gasteiger partial charge in [-0.3, -0.25) is 15.0 Å². The highest BCUT2D eigenvalue weighted by atomic mass is 16.2. The van der Waals surface area contributed by atoms with Crippen molar-refractivity contribution in [3.05, 3.63) is 47.0 Å². The van der Waals surface area contributed by atoms with Crippen molar-refractivity contribution >= 4 is 11.7 Å². The van der Waals surface area contributed by atoms with Crippen LogP contribution in [0.3, 0.4) is 0 Å². The van der Waals surface area contributed by atoms with Crippen LogP contribution in [-0.2, 0) is 9.59 Å². The normalized spacial score (nSPS) is 21.2. The highest BCUT2D eigenvalue weighted by molar-refractivity contribution is 6.08. The molecule has 0 saturated heterocycles. The van der Waals surface area contributed by atoms with Crippen LogP contribution in [0.4, 0.5) is 0 Å². The number of amides is 1. The summed E-state index contributed by atoms with van der Waals surface area (Å²) in [6.45, 7) is 3.33. The molecule has 1 aromatic carbocycles. The van der Waals surface area contributed by atoms with Gasteiger partial charge in [0.2, 0.25) is 0 Å². The zero-order valence-corrected chi connectivity index (χ0v) is 9.78. The van der Waals surface area contributed by atoms with Crippen molar-refractivity contribution in [2.75, 3.05) is 0 Å². The number of hydrogen-bond acceptors (Lipinski definition) is 3. The molecule has 4 nitrogen and oxygen atoms in total. The van der Waals surface area contributed by atoms with Gasteiger partial charge in [-0.25, -0.2) is 5.43 Å². The Morgan fingerprint density at radius 2 is 1.65 bits per heavy atom. The number of ketones is 1. The number of nitrogens with one attached hydrogen (secondary N) is 2. The second kappa shape index (κ2) is 4.51. The van der Waals surface area contributed by atoms with Crippen LogP contribution in [0, 0.1) is 0 Å². The van der Waals surface area contributed by atoms with Crippen LogP contribution in [0.2, 0.25) is 0 Å². The summed E-state index contributed by atoms with van der Waals surface area (Å²) >= 11 is 0. The molecule has 0 bridgehead atoms. The Balaban J connectivity index is 2.39. The van der Waals surface area contributed by atoms with Gasteiger partial charge in [0, 0.05) is 11.1 Å². The fraction of sp³-hybridized carbons (Fsp3) is 0.231. The van der Waals surface area contributed by atoms with E-state index in [9.17, 15) is 9.59 Å². The monoisotopic (exact) mass is 230 g/mol. The summed E-state index contributed by atoms with van der Waals surface area (Å²) in [7, 11) is 0. The Morgan fingerprint density at radius 1 is 1.00 bits per heavy atom. The van der Waals surface area contributed by atoms with Crippen LogP contribution in [-0.4, -0.2) is 11.7 Å². The highest BCUT2D eigenvalue weighted by Gasteiger charge is 2.27. The van der Waals surface area contributed by atoms with E-state index in [1.165, 1.54) is 0 Å². The van der Waals surface area contributed by atoms with Gasteiger partial charge in [-0.05, 0) is 19.4 Å². The number of benzene rings is 1. The molecule has 1 atom stereocenters. The van der Waals surface area contributed by atoms with Crippen molar-refractivity contribution in [3.63, 3.8) is 0 Å². The molecule has 0 aromatic heterocycles. The van der Waals surface area contributed by atoms with E-state index in [1.807, 2.05) is 30.3 Å². The van der Waals surface area contributed by atoms with E-state index >= 15 is 0 Å². The van der Waals surface area contributed by atoms with E-state index in [4.69, 9.17) is 0 Å². The topological polar surface area (TPSA) is 58.2 Å². The summed E-state index contributed by atoms with van der Waals surface area (Å²) in [5.74, 6) is -0.332. The van der Waals surface area contributed by atoms with Gasteiger partial charge in [-0.15, -0.1) is 0 Å². The number of Topliss-reactive ketones (excluding diaryl/α,β-unsaturated/α-hetero) is 1. The quantitative estimate of drug-likeness (QED) is 0.763. The van der Waals surface area contributed by atoms with Crippen LogP contribution in [0.15, 0.2) is 41.5 Å². The molecule has 1 heterocycles. The molecule has 88 valence electrons. The minimum Gasteiger partial charge on any atom is -0.292 e. The maximum Gasteiger partial charge on any atom is 0.261 e. The van der Waals surface area contributed by atoms with E-state index in [-0.39, 0.29) is 11.7 Å².